The van der Waals surface area contributed by atoms with Crippen LogP contribution in [0.2, 0.25) is 5.02 Å². The maximum Gasteiger partial charge on any atom is 0.269 e. The fourth-order valence-electron chi connectivity index (χ4n) is 3.50. The Morgan fingerprint density at radius 2 is 1.90 bits per heavy atom. The first-order chi connectivity index (χ1) is 15.1. The van der Waals surface area contributed by atoms with Crippen molar-refractivity contribution in [2.45, 2.75) is 31.6 Å². The Kier molecular flexibility index (Phi) is 6.84. The summed E-state index contributed by atoms with van der Waals surface area (Å²) >= 11 is 9.28. The van der Waals surface area contributed by atoms with Crippen LogP contribution < -0.4 is 9.64 Å². The molecule has 0 spiro atoms. The molecule has 2 aliphatic heterocycles. The van der Waals surface area contributed by atoms with Crippen molar-refractivity contribution in [2.75, 3.05) is 25.1 Å². The molecule has 2 aliphatic rings. The molecule has 4 rings (SSSR count). The fourth-order valence-corrected chi connectivity index (χ4v) is 6.08. The minimum absolute atomic E-state index is 0.00644. The molecule has 2 aromatic rings. The number of carbonyl (C=O) groups is 1. The Bertz CT molecular complexity index is 1070. The van der Waals surface area contributed by atoms with Crippen LogP contribution in [0.25, 0.3) is 0 Å². The molecular weight excluding hydrogens is 450 g/mol. The van der Waals surface area contributed by atoms with Crippen LogP contribution in [0.5, 0.6) is 5.75 Å². The second-order valence-electron chi connectivity index (χ2n) is 7.07. The molecule has 0 aliphatic carbocycles. The lowest BCUT2D eigenvalue weighted by molar-refractivity contribution is -0.122. The number of amides is 1. The van der Waals surface area contributed by atoms with E-state index in [1.807, 2.05) is 12.1 Å². The van der Waals surface area contributed by atoms with Crippen LogP contribution in [-0.4, -0.2) is 36.2 Å². The van der Waals surface area contributed by atoms with E-state index in [1.54, 1.807) is 42.0 Å². The molecule has 0 atom stereocenters. The molecule has 0 bridgehead atoms. The van der Waals surface area contributed by atoms with Crippen molar-refractivity contribution in [3.63, 3.8) is 0 Å². The molecule has 5 nitrogen and oxygen atoms in total. The predicted octanol–water partition coefficient (Wildman–Crippen LogP) is 6.51. The Morgan fingerprint density at radius 3 is 2.65 bits per heavy atom. The number of anilines is 1. The highest BCUT2D eigenvalue weighted by Gasteiger charge is 2.39. The molecule has 0 radical (unpaired) electrons. The number of aliphatic imine (C=N–C) groups is 1. The van der Waals surface area contributed by atoms with Crippen molar-refractivity contribution < 1.29 is 9.53 Å². The maximum atomic E-state index is 13.5. The van der Waals surface area contributed by atoms with Gasteiger partial charge in [0.05, 0.1) is 12.8 Å². The van der Waals surface area contributed by atoms with Gasteiger partial charge in [0.1, 0.15) is 21.4 Å². The number of hydrogen-bond acceptors (Lipinski definition) is 6. The van der Waals surface area contributed by atoms with Gasteiger partial charge in [-0.25, -0.2) is 4.99 Å². The Labute approximate surface area is 196 Å². The van der Waals surface area contributed by atoms with E-state index in [4.69, 9.17) is 21.3 Å². The molecule has 1 amide bonds. The van der Waals surface area contributed by atoms with E-state index < -0.39 is 0 Å². The maximum absolute atomic E-state index is 13.5. The molecule has 0 N–H and O–H groups in total. The standard InChI is InChI=1S/C23H24ClN3O2S2/c1-4-6-13-27-21(28)20(22-26(5-2)17-9-7-8-10-19(17)30-22)31-23(27)25-16-14-15(24)11-12-18(16)29-3/h7-12,14H,4-6,13H2,1-3H3/b22-20-,25-23?. The second kappa shape index (κ2) is 9.59. The number of para-hydroxylation sites is 1. The van der Waals surface area contributed by atoms with Gasteiger partial charge in [-0.2, -0.15) is 0 Å². The number of halogens is 1. The van der Waals surface area contributed by atoms with Crippen LogP contribution in [0.4, 0.5) is 11.4 Å². The van der Waals surface area contributed by atoms with Gasteiger partial charge in [-0.05, 0) is 55.4 Å². The molecule has 2 heterocycles. The number of methoxy groups -OCH3 is 1. The third kappa shape index (κ3) is 4.31. The Morgan fingerprint density at radius 1 is 1.10 bits per heavy atom. The van der Waals surface area contributed by atoms with Crippen molar-refractivity contribution >= 4 is 57.6 Å². The number of hydrogen-bond donors (Lipinski definition) is 0. The highest BCUT2D eigenvalue weighted by molar-refractivity contribution is 8.19. The zero-order valence-corrected chi connectivity index (χ0v) is 20.1. The van der Waals surface area contributed by atoms with Gasteiger partial charge in [0.15, 0.2) is 5.17 Å². The minimum atomic E-state index is 0.00644. The topological polar surface area (TPSA) is 45.1 Å². The summed E-state index contributed by atoms with van der Waals surface area (Å²) in [6, 6.07) is 13.6. The van der Waals surface area contributed by atoms with Gasteiger partial charge in [0.2, 0.25) is 0 Å². The van der Waals surface area contributed by atoms with Crippen molar-refractivity contribution in [2.24, 2.45) is 4.99 Å². The van der Waals surface area contributed by atoms with Gasteiger partial charge in [0.25, 0.3) is 5.91 Å². The number of benzene rings is 2. The highest BCUT2D eigenvalue weighted by Crippen LogP contribution is 2.50. The molecule has 31 heavy (non-hydrogen) atoms. The van der Waals surface area contributed by atoms with Crippen molar-refractivity contribution in [3.8, 4) is 5.75 Å². The van der Waals surface area contributed by atoms with Gasteiger partial charge in [-0.1, -0.05) is 48.8 Å². The number of rotatable bonds is 6. The third-order valence-corrected chi connectivity index (χ3v) is 7.69. The van der Waals surface area contributed by atoms with Crippen LogP contribution in [0.1, 0.15) is 26.7 Å². The Hall–Kier alpha value is -2.09. The largest absolute Gasteiger partial charge is 0.494 e. The van der Waals surface area contributed by atoms with Crippen LogP contribution in [0, 0.1) is 0 Å². The average molecular weight is 474 g/mol. The zero-order valence-electron chi connectivity index (χ0n) is 17.7. The van der Waals surface area contributed by atoms with E-state index in [9.17, 15) is 4.79 Å². The average Bonchev–Trinajstić information content (AvgIpc) is 3.29. The van der Waals surface area contributed by atoms with Gasteiger partial charge in [-0.3, -0.25) is 9.69 Å². The van der Waals surface area contributed by atoms with Crippen LogP contribution >= 0.6 is 35.1 Å². The van der Waals surface area contributed by atoms with Gasteiger partial charge >= 0.3 is 0 Å². The predicted molar refractivity (Wildman–Crippen MR) is 132 cm³/mol. The zero-order chi connectivity index (χ0) is 22.0. The van der Waals surface area contributed by atoms with Gasteiger partial charge < -0.3 is 9.64 Å². The summed E-state index contributed by atoms with van der Waals surface area (Å²) in [6.45, 7) is 5.64. The van der Waals surface area contributed by atoms with Gasteiger partial charge in [0, 0.05) is 23.0 Å². The summed E-state index contributed by atoms with van der Waals surface area (Å²) in [6.07, 6.45) is 1.90. The van der Waals surface area contributed by atoms with Crippen molar-refractivity contribution in [1.29, 1.82) is 0 Å². The van der Waals surface area contributed by atoms with Crippen molar-refractivity contribution in [3.05, 3.63) is 57.4 Å². The van der Waals surface area contributed by atoms with Crippen LogP contribution in [0.3, 0.4) is 0 Å². The molecule has 0 saturated carbocycles. The molecule has 162 valence electrons. The number of fused-ring (bicyclic) bond motifs is 1. The highest BCUT2D eigenvalue weighted by atomic mass is 35.5. The number of amidine groups is 1. The van der Waals surface area contributed by atoms with E-state index in [2.05, 4.69) is 30.9 Å². The second-order valence-corrected chi connectivity index (χ2v) is 9.52. The number of carbonyl (C=O) groups excluding carboxylic acids is 1. The number of unbranched alkanes of at least 4 members (excludes halogenated alkanes) is 1. The first-order valence-electron chi connectivity index (χ1n) is 10.3. The Balaban J connectivity index is 1.77. The normalized spacial score (nSPS) is 19.5. The fraction of sp³-hybridized carbons (Fsp3) is 0.304. The molecular formula is C23H24ClN3O2S2. The summed E-state index contributed by atoms with van der Waals surface area (Å²) in [5.41, 5.74) is 1.76. The third-order valence-electron chi connectivity index (χ3n) is 5.07. The quantitative estimate of drug-likeness (QED) is 0.447. The summed E-state index contributed by atoms with van der Waals surface area (Å²) in [7, 11) is 1.60. The van der Waals surface area contributed by atoms with E-state index in [-0.39, 0.29) is 5.91 Å². The number of thioether (sulfide) groups is 2. The SMILES string of the molecule is CCCCN1C(=O)/C(=C2/Sc3ccccc3N2CC)SC1=Nc1cc(Cl)ccc1OC. The molecule has 1 saturated heterocycles. The lowest BCUT2D eigenvalue weighted by atomic mass is 10.3. The summed E-state index contributed by atoms with van der Waals surface area (Å²) < 4.78 is 5.45. The number of ether oxygens (including phenoxy) is 1. The molecule has 2 aromatic carbocycles. The smallest absolute Gasteiger partial charge is 0.269 e. The summed E-state index contributed by atoms with van der Waals surface area (Å²) in [5, 5.41) is 2.21. The van der Waals surface area contributed by atoms with E-state index in [0.29, 0.717) is 28.2 Å². The first-order valence-corrected chi connectivity index (χ1v) is 12.3. The number of nitrogens with zero attached hydrogens (tertiary/aromatic N) is 3. The summed E-state index contributed by atoms with van der Waals surface area (Å²) in [5.74, 6) is 0.631. The summed E-state index contributed by atoms with van der Waals surface area (Å²) in [4.78, 5) is 24.2. The molecule has 8 heteroatoms. The minimum Gasteiger partial charge on any atom is -0.494 e. The van der Waals surface area contributed by atoms with Crippen molar-refractivity contribution in [1.82, 2.24) is 4.90 Å². The van der Waals surface area contributed by atoms with Crippen LogP contribution in [-0.2, 0) is 4.79 Å². The molecule has 1 fully saturated rings. The lowest BCUT2D eigenvalue weighted by Crippen LogP contribution is -2.30. The van der Waals surface area contributed by atoms with E-state index in [0.717, 1.165) is 35.0 Å². The van der Waals surface area contributed by atoms with E-state index in [1.165, 1.54) is 16.7 Å². The van der Waals surface area contributed by atoms with E-state index >= 15 is 0 Å². The first kappa shape index (κ1) is 22.1. The lowest BCUT2D eigenvalue weighted by Gasteiger charge is -2.19. The molecule has 0 unspecified atom stereocenters. The molecule has 0 aromatic heterocycles. The monoisotopic (exact) mass is 473 g/mol. The van der Waals surface area contributed by atoms with Gasteiger partial charge in [-0.15, -0.1) is 0 Å². The van der Waals surface area contributed by atoms with Crippen LogP contribution in [0.15, 0.2) is 62.3 Å².